The first-order chi connectivity index (χ1) is 7.67. The lowest BCUT2D eigenvalue weighted by Crippen LogP contribution is -2.32. The van der Waals surface area contributed by atoms with Crippen LogP contribution in [0.1, 0.15) is 37.7 Å². The first-order valence-electron chi connectivity index (χ1n) is 5.55. The normalized spacial score (nSPS) is 11.9. The number of hydrogen-bond donors (Lipinski definition) is 2. The van der Waals surface area contributed by atoms with Gasteiger partial charge >= 0.3 is 0 Å². The number of carbonyl (C=O) groups is 1. The second-order valence-electron chi connectivity index (χ2n) is 3.62. The zero-order chi connectivity index (χ0) is 12.0. The average Bonchev–Trinajstić information content (AvgIpc) is 2.30. The van der Waals surface area contributed by atoms with Crippen LogP contribution >= 0.6 is 0 Å². The van der Waals surface area contributed by atoms with Gasteiger partial charge in [-0.05, 0) is 32.4 Å². The zero-order valence-corrected chi connectivity index (χ0v) is 9.95. The van der Waals surface area contributed by atoms with Crippen LogP contribution in [0.5, 0.6) is 0 Å². The van der Waals surface area contributed by atoms with Gasteiger partial charge in [-0.25, -0.2) is 0 Å². The number of amides is 1. The van der Waals surface area contributed by atoms with E-state index in [0.717, 1.165) is 13.0 Å². The van der Waals surface area contributed by atoms with Gasteiger partial charge in [-0.3, -0.25) is 4.79 Å². The van der Waals surface area contributed by atoms with Gasteiger partial charge in [0.05, 0.1) is 0 Å². The van der Waals surface area contributed by atoms with Crippen LogP contribution in [0.25, 0.3) is 0 Å². The van der Waals surface area contributed by atoms with Gasteiger partial charge in [0, 0.05) is 12.6 Å². The van der Waals surface area contributed by atoms with E-state index in [-0.39, 0.29) is 11.9 Å². The minimum atomic E-state index is -0.176. The van der Waals surface area contributed by atoms with E-state index in [0.29, 0.717) is 11.5 Å². The Morgan fingerprint density at radius 1 is 1.38 bits per heavy atom. The van der Waals surface area contributed by atoms with Crippen LogP contribution in [0.15, 0.2) is 12.1 Å². The number of hydrogen-bond acceptors (Lipinski definition) is 4. The van der Waals surface area contributed by atoms with E-state index in [1.54, 1.807) is 12.1 Å². The van der Waals surface area contributed by atoms with Gasteiger partial charge in [-0.2, -0.15) is 0 Å². The van der Waals surface area contributed by atoms with Gasteiger partial charge in [0.25, 0.3) is 5.91 Å². The largest absolute Gasteiger partial charge is 0.369 e. The van der Waals surface area contributed by atoms with Crippen molar-refractivity contribution in [3.05, 3.63) is 17.8 Å². The van der Waals surface area contributed by atoms with Crippen molar-refractivity contribution in [2.75, 3.05) is 11.9 Å². The fraction of sp³-hybridized carbons (Fsp3) is 0.545. The summed E-state index contributed by atoms with van der Waals surface area (Å²) in [7, 11) is 0. The number of nitrogens with zero attached hydrogens (tertiary/aromatic N) is 2. The monoisotopic (exact) mass is 222 g/mol. The Labute approximate surface area is 95.7 Å². The Bertz CT molecular complexity index is 336. The van der Waals surface area contributed by atoms with Gasteiger partial charge in [-0.15, -0.1) is 10.2 Å². The van der Waals surface area contributed by atoms with Crippen LogP contribution in [-0.4, -0.2) is 28.7 Å². The molecule has 1 rings (SSSR count). The minimum Gasteiger partial charge on any atom is -0.369 e. The van der Waals surface area contributed by atoms with Crippen molar-refractivity contribution in [3.63, 3.8) is 0 Å². The van der Waals surface area contributed by atoms with Gasteiger partial charge in [0.2, 0.25) is 0 Å². The number of carbonyl (C=O) groups excluding carboxylic acids is 1. The summed E-state index contributed by atoms with van der Waals surface area (Å²) in [5.41, 5.74) is 0.349. The third-order valence-corrected chi connectivity index (χ3v) is 2.24. The molecule has 0 fully saturated rings. The van der Waals surface area contributed by atoms with Gasteiger partial charge in [-0.1, -0.05) is 6.92 Å². The molecule has 1 unspecified atom stereocenters. The molecule has 2 N–H and O–H groups in total. The van der Waals surface area contributed by atoms with Crippen LogP contribution in [-0.2, 0) is 0 Å². The number of rotatable bonds is 5. The second-order valence-corrected chi connectivity index (χ2v) is 3.62. The predicted octanol–water partition coefficient (Wildman–Crippen LogP) is 1.44. The second kappa shape index (κ2) is 6.05. The molecule has 1 amide bonds. The molecule has 0 saturated carbocycles. The van der Waals surface area contributed by atoms with E-state index in [2.05, 4.69) is 20.8 Å². The summed E-state index contributed by atoms with van der Waals surface area (Å²) < 4.78 is 0. The lowest BCUT2D eigenvalue weighted by atomic mass is 10.2. The highest BCUT2D eigenvalue weighted by molar-refractivity contribution is 5.92. The Morgan fingerprint density at radius 2 is 2.12 bits per heavy atom. The number of nitrogens with one attached hydrogen (secondary N) is 2. The molecule has 16 heavy (non-hydrogen) atoms. The molecule has 0 radical (unpaired) electrons. The third-order valence-electron chi connectivity index (χ3n) is 2.24. The lowest BCUT2D eigenvalue weighted by molar-refractivity contribution is 0.0933. The Hall–Kier alpha value is -1.65. The number of anilines is 1. The van der Waals surface area contributed by atoms with E-state index in [4.69, 9.17) is 0 Å². The molecular formula is C11H18N4O. The molecule has 0 spiro atoms. The third kappa shape index (κ3) is 3.49. The van der Waals surface area contributed by atoms with E-state index in [9.17, 15) is 4.79 Å². The maximum absolute atomic E-state index is 11.6. The van der Waals surface area contributed by atoms with Crippen molar-refractivity contribution in [2.24, 2.45) is 0 Å². The van der Waals surface area contributed by atoms with Gasteiger partial charge < -0.3 is 10.6 Å². The molecule has 1 heterocycles. The SMILES string of the molecule is CCNc1ccc(C(=O)NC(C)CC)nn1. The van der Waals surface area contributed by atoms with Crippen molar-refractivity contribution in [1.82, 2.24) is 15.5 Å². The summed E-state index contributed by atoms with van der Waals surface area (Å²) in [5, 5.41) is 13.6. The molecule has 5 heteroatoms. The first kappa shape index (κ1) is 12.4. The van der Waals surface area contributed by atoms with Crippen LogP contribution in [0.3, 0.4) is 0 Å². The van der Waals surface area contributed by atoms with Crippen LogP contribution < -0.4 is 10.6 Å². The maximum atomic E-state index is 11.6. The van der Waals surface area contributed by atoms with Crippen molar-refractivity contribution < 1.29 is 4.79 Å². The predicted molar refractivity (Wildman–Crippen MR) is 63.4 cm³/mol. The van der Waals surface area contributed by atoms with Crippen LogP contribution in [0.2, 0.25) is 0 Å². The van der Waals surface area contributed by atoms with E-state index in [1.807, 2.05) is 20.8 Å². The average molecular weight is 222 g/mol. The molecule has 0 aromatic carbocycles. The smallest absolute Gasteiger partial charge is 0.272 e. The summed E-state index contributed by atoms with van der Waals surface area (Å²) in [6.07, 6.45) is 0.897. The van der Waals surface area contributed by atoms with Crippen LogP contribution in [0.4, 0.5) is 5.82 Å². The molecule has 0 saturated heterocycles. The molecule has 0 aliphatic heterocycles. The fourth-order valence-electron chi connectivity index (χ4n) is 1.13. The quantitative estimate of drug-likeness (QED) is 0.791. The molecule has 0 bridgehead atoms. The molecule has 0 aliphatic rings. The van der Waals surface area contributed by atoms with Gasteiger partial charge in [0.15, 0.2) is 5.69 Å². The molecule has 5 nitrogen and oxygen atoms in total. The van der Waals surface area contributed by atoms with E-state index < -0.39 is 0 Å². The summed E-state index contributed by atoms with van der Waals surface area (Å²) in [6.45, 7) is 6.74. The van der Waals surface area contributed by atoms with Gasteiger partial charge in [0.1, 0.15) is 5.82 Å². The minimum absolute atomic E-state index is 0.155. The summed E-state index contributed by atoms with van der Waals surface area (Å²) in [5.74, 6) is 0.507. The highest BCUT2D eigenvalue weighted by atomic mass is 16.2. The standard InChI is InChI=1S/C11H18N4O/c1-4-8(3)13-11(16)9-6-7-10(12-5-2)15-14-9/h6-8H,4-5H2,1-3H3,(H,12,15)(H,13,16). The van der Waals surface area contributed by atoms with Crippen molar-refractivity contribution >= 4 is 11.7 Å². The Kier molecular flexibility index (Phi) is 4.69. The molecule has 88 valence electrons. The van der Waals surface area contributed by atoms with Crippen molar-refractivity contribution in [3.8, 4) is 0 Å². The topological polar surface area (TPSA) is 66.9 Å². The summed E-state index contributed by atoms with van der Waals surface area (Å²) in [6, 6.07) is 3.58. The lowest BCUT2D eigenvalue weighted by Gasteiger charge is -2.10. The number of aromatic nitrogens is 2. The molecule has 1 atom stereocenters. The van der Waals surface area contributed by atoms with Crippen molar-refractivity contribution in [2.45, 2.75) is 33.2 Å². The highest BCUT2D eigenvalue weighted by Crippen LogP contribution is 2.02. The maximum Gasteiger partial charge on any atom is 0.272 e. The zero-order valence-electron chi connectivity index (χ0n) is 9.95. The van der Waals surface area contributed by atoms with E-state index >= 15 is 0 Å². The molecule has 0 aliphatic carbocycles. The summed E-state index contributed by atoms with van der Waals surface area (Å²) >= 11 is 0. The first-order valence-corrected chi connectivity index (χ1v) is 5.55. The Morgan fingerprint density at radius 3 is 2.62 bits per heavy atom. The molecule has 1 aromatic heterocycles. The van der Waals surface area contributed by atoms with Crippen molar-refractivity contribution in [1.29, 1.82) is 0 Å². The highest BCUT2D eigenvalue weighted by Gasteiger charge is 2.10. The van der Waals surface area contributed by atoms with Crippen LogP contribution in [0, 0.1) is 0 Å². The fourth-order valence-corrected chi connectivity index (χ4v) is 1.13. The van der Waals surface area contributed by atoms with E-state index in [1.165, 1.54) is 0 Å². The molecule has 1 aromatic rings. The Balaban J connectivity index is 2.63. The summed E-state index contributed by atoms with van der Waals surface area (Å²) in [4.78, 5) is 11.6. The molecular weight excluding hydrogens is 204 g/mol.